The fraction of sp³-hybridized carbons (Fsp3) is 0.500. The maximum atomic E-state index is 5.86. The normalized spacial score (nSPS) is 11.6. The lowest BCUT2D eigenvalue weighted by atomic mass is 10.0. The van der Waals surface area contributed by atoms with Crippen molar-refractivity contribution in [3.63, 3.8) is 0 Å². The van der Waals surface area contributed by atoms with Crippen molar-refractivity contribution >= 4 is 11.8 Å². The van der Waals surface area contributed by atoms with Gasteiger partial charge in [-0.3, -0.25) is 0 Å². The van der Waals surface area contributed by atoms with E-state index in [1.165, 1.54) is 4.90 Å². The molecule has 0 unspecified atom stereocenters. The van der Waals surface area contributed by atoms with Gasteiger partial charge in [0.2, 0.25) is 0 Å². The van der Waals surface area contributed by atoms with Crippen molar-refractivity contribution in [1.29, 1.82) is 0 Å². The Kier molecular flexibility index (Phi) is 4.49. The van der Waals surface area contributed by atoms with Crippen LogP contribution in [0.25, 0.3) is 0 Å². The second kappa shape index (κ2) is 5.42. The molecule has 0 saturated carbocycles. The summed E-state index contributed by atoms with van der Waals surface area (Å²) in [7, 11) is 0. The van der Waals surface area contributed by atoms with E-state index in [0.717, 1.165) is 19.4 Å². The number of benzene rings is 1. The Hall–Kier alpha value is -0.470. The molecule has 14 heavy (non-hydrogen) atoms. The Balaban J connectivity index is 2.74. The first kappa shape index (κ1) is 11.6. The molecule has 0 atom stereocenters. The van der Waals surface area contributed by atoms with E-state index in [-0.39, 0.29) is 4.75 Å². The van der Waals surface area contributed by atoms with Crippen molar-refractivity contribution < 1.29 is 0 Å². The minimum atomic E-state index is 0.224. The molecule has 1 aromatic rings. The van der Waals surface area contributed by atoms with Gasteiger partial charge >= 0.3 is 0 Å². The Morgan fingerprint density at radius 2 is 1.71 bits per heavy atom. The lowest BCUT2D eigenvalue weighted by molar-refractivity contribution is 0.558. The molecule has 1 rings (SSSR count). The first-order chi connectivity index (χ1) is 6.76. The number of hydrogen-bond acceptors (Lipinski definition) is 2. The van der Waals surface area contributed by atoms with Crippen molar-refractivity contribution in [3.05, 3.63) is 30.3 Å². The van der Waals surface area contributed by atoms with Gasteiger partial charge in [-0.05, 0) is 25.0 Å². The standard InChI is InChI=1S/C12H19NS/c1-3-12(4-2,10-13)14-11-8-6-5-7-9-11/h5-9H,3-4,10,13H2,1-2H3. The number of nitrogens with two attached hydrogens (primary N) is 1. The molecule has 0 saturated heterocycles. The van der Waals surface area contributed by atoms with E-state index >= 15 is 0 Å². The van der Waals surface area contributed by atoms with E-state index in [1.54, 1.807) is 0 Å². The molecule has 0 bridgehead atoms. The van der Waals surface area contributed by atoms with Gasteiger partial charge in [0.25, 0.3) is 0 Å². The summed E-state index contributed by atoms with van der Waals surface area (Å²) in [6.45, 7) is 5.18. The monoisotopic (exact) mass is 209 g/mol. The van der Waals surface area contributed by atoms with Crippen LogP contribution in [0.2, 0.25) is 0 Å². The van der Waals surface area contributed by atoms with Gasteiger partial charge in [-0.2, -0.15) is 0 Å². The number of thioether (sulfide) groups is 1. The van der Waals surface area contributed by atoms with Crippen LogP contribution in [0.5, 0.6) is 0 Å². The van der Waals surface area contributed by atoms with E-state index < -0.39 is 0 Å². The Morgan fingerprint density at radius 3 is 2.14 bits per heavy atom. The average Bonchev–Trinajstić information content (AvgIpc) is 2.28. The number of hydrogen-bond donors (Lipinski definition) is 1. The highest BCUT2D eigenvalue weighted by molar-refractivity contribution is 8.00. The van der Waals surface area contributed by atoms with Crippen LogP contribution in [0.1, 0.15) is 26.7 Å². The van der Waals surface area contributed by atoms with Gasteiger partial charge in [-0.1, -0.05) is 32.0 Å². The molecule has 0 aliphatic heterocycles. The molecule has 78 valence electrons. The van der Waals surface area contributed by atoms with E-state index in [0.29, 0.717) is 0 Å². The predicted molar refractivity (Wildman–Crippen MR) is 64.7 cm³/mol. The molecular weight excluding hydrogens is 190 g/mol. The zero-order valence-corrected chi connectivity index (χ0v) is 9.81. The minimum absolute atomic E-state index is 0.224. The summed E-state index contributed by atoms with van der Waals surface area (Å²) in [5, 5.41) is 0. The zero-order chi connectivity index (χ0) is 10.4. The summed E-state index contributed by atoms with van der Waals surface area (Å²) in [5.74, 6) is 0. The molecular formula is C12H19NS. The molecule has 2 N–H and O–H groups in total. The molecule has 0 amide bonds. The van der Waals surface area contributed by atoms with E-state index in [1.807, 2.05) is 17.8 Å². The van der Waals surface area contributed by atoms with Crippen LogP contribution in [-0.2, 0) is 0 Å². The van der Waals surface area contributed by atoms with Crippen LogP contribution in [0.4, 0.5) is 0 Å². The Labute approximate surface area is 91.1 Å². The second-order valence-corrected chi connectivity index (χ2v) is 5.05. The van der Waals surface area contributed by atoms with Gasteiger partial charge < -0.3 is 5.73 Å². The van der Waals surface area contributed by atoms with Crippen molar-refractivity contribution in [2.45, 2.75) is 36.3 Å². The fourth-order valence-corrected chi connectivity index (χ4v) is 2.63. The first-order valence-electron chi connectivity index (χ1n) is 5.20. The Bertz CT molecular complexity index is 246. The summed E-state index contributed by atoms with van der Waals surface area (Å²) in [4.78, 5) is 1.32. The second-order valence-electron chi connectivity index (χ2n) is 3.51. The van der Waals surface area contributed by atoms with Gasteiger partial charge in [0.1, 0.15) is 0 Å². The summed E-state index contributed by atoms with van der Waals surface area (Å²) in [6.07, 6.45) is 2.25. The first-order valence-corrected chi connectivity index (χ1v) is 6.02. The van der Waals surface area contributed by atoms with Gasteiger partial charge in [0, 0.05) is 16.2 Å². The molecule has 2 heteroatoms. The van der Waals surface area contributed by atoms with Crippen molar-refractivity contribution in [1.82, 2.24) is 0 Å². The smallest absolute Gasteiger partial charge is 0.0324 e. The minimum Gasteiger partial charge on any atom is -0.329 e. The third-order valence-corrected chi connectivity index (χ3v) is 4.42. The van der Waals surface area contributed by atoms with Crippen LogP contribution in [-0.4, -0.2) is 11.3 Å². The van der Waals surface area contributed by atoms with Crippen LogP contribution < -0.4 is 5.73 Å². The fourth-order valence-electron chi connectivity index (χ4n) is 1.46. The molecule has 0 aliphatic carbocycles. The third-order valence-electron chi connectivity index (χ3n) is 2.74. The molecule has 0 aliphatic rings. The molecule has 0 radical (unpaired) electrons. The van der Waals surface area contributed by atoms with Crippen LogP contribution in [0.15, 0.2) is 35.2 Å². The van der Waals surface area contributed by atoms with Crippen molar-refractivity contribution in [3.8, 4) is 0 Å². The summed E-state index contributed by atoms with van der Waals surface area (Å²) in [5.41, 5.74) is 5.86. The van der Waals surface area contributed by atoms with Crippen molar-refractivity contribution in [2.75, 3.05) is 6.54 Å². The molecule has 0 spiro atoms. The highest BCUT2D eigenvalue weighted by Crippen LogP contribution is 2.37. The van der Waals surface area contributed by atoms with Gasteiger partial charge in [-0.15, -0.1) is 11.8 Å². The van der Waals surface area contributed by atoms with E-state index in [4.69, 9.17) is 5.73 Å². The zero-order valence-electron chi connectivity index (χ0n) is 8.99. The largest absolute Gasteiger partial charge is 0.329 e. The highest BCUT2D eigenvalue weighted by Gasteiger charge is 2.25. The molecule has 0 heterocycles. The molecule has 0 aromatic heterocycles. The van der Waals surface area contributed by atoms with E-state index in [9.17, 15) is 0 Å². The SMILES string of the molecule is CCC(CC)(CN)Sc1ccccc1. The molecule has 0 fully saturated rings. The van der Waals surface area contributed by atoms with Crippen LogP contribution in [0.3, 0.4) is 0 Å². The summed E-state index contributed by atoms with van der Waals surface area (Å²) in [6, 6.07) is 10.5. The average molecular weight is 209 g/mol. The van der Waals surface area contributed by atoms with Gasteiger partial charge in [0.05, 0.1) is 0 Å². The molecule has 1 nitrogen and oxygen atoms in total. The van der Waals surface area contributed by atoms with Gasteiger partial charge in [-0.25, -0.2) is 0 Å². The van der Waals surface area contributed by atoms with Crippen molar-refractivity contribution in [2.24, 2.45) is 5.73 Å². The summed E-state index contributed by atoms with van der Waals surface area (Å²) < 4.78 is 0.224. The van der Waals surface area contributed by atoms with Crippen LogP contribution in [0, 0.1) is 0 Å². The quantitative estimate of drug-likeness (QED) is 0.753. The maximum Gasteiger partial charge on any atom is 0.0324 e. The number of rotatable bonds is 5. The predicted octanol–water partition coefficient (Wildman–Crippen LogP) is 3.30. The highest BCUT2D eigenvalue weighted by atomic mass is 32.2. The van der Waals surface area contributed by atoms with Crippen LogP contribution >= 0.6 is 11.8 Å². The lowest BCUT2D eigenvalue weighted by Crippen LogP contribution is -2.32. The maximum absolute atomic E-state index is 5.86. The van der Waals surface area contributed by atoms with Gasteiger partial charge in [0.15, 0.2) is 0 Å². The molecule has 1 aromatic carbocycles. The van der Waals surface area contributed by atoms with E-state index in [2.05, 4.69) is 38.1 Å². The topological polar surface area (TPSA) is 26.0 Å². The Morgan fingerprint density at radius 1 is 1.14 bits per heavy atom. The lowest BCUT2D eigenvalue weighted by Gasteiger charge is -2.29. The third kappa shape index (κ3) is 2.76. The summed E-state index contributed by atoms with van der Waals surface area (Å²) >= 11 is 1.91.